The number of benzene rings is 2. The summed E-state index contributed by atoms with van der Waals surface area (Å²) in [5.74, 6) is -0.549. The number of esters is 1. The lowest BCUT2D eigenvalue weighted by molar-refractivity contribution is -0.140. The molecule has 5 nitrogen and oxygen atoms in total. The van der Waals surface area contributed by atoms with Gasteiger partial charge in [0, 0.05) is 37.2 Å². The fourth-order valence-electron chi connectivity index (χ4n) is 3.81. The molecule has 1 heterocycles. The van der Waals surface area contributed by atoms with Crippen LogP contribution in [0.5, 0.6) is 0 Å². The molecule has 2 aromatic rings. The Hall–Kier alpha value is -2.44. The number of rotatable bonds is 6. The highest BCUT2D eigenvalue weighted by molar-refractivity contribution is 6.30. The Morgan fingerprint density at radius 1 is 1.10 bits per heavy atom. The highest BCUT2D eigenvalue weighted by atomic mass is 35.5. The van der Waals surface area contributed by atoms with E-state index in [2.05, 4.69) is 4.90 Å². The monoisotopic (exact) mass is 432 g/mol. The van der Waals surface area contributed by atoms with E-state index < -0.39 is 0 Å². The minimum atomic E-state index is -0.305. The van der Waals surface area contributed by atoms with E-state index in [0.717, 1.165) is 29.8 Å². The van der Waals surface area contributed by atoms with E-state index >= 15 is 0 Å². The summed E-state index contributed by atoms with van der Waals surface area (Å²) in [5, 5.41) is 0.625. The van der Waals surface area contributed by atoms with Crippen molar-refractivity contribution in [3.05, 3.63) is 70.0 Å². The molecule has 1 amide bonds. The van der Waals surface area contributed by atoms with Gasteiger partial charge in [-0.1, -0.05) is 29.8 Å². The predicted octanol–water partition coefficient (Wildman–Crippen LogP) is 3.47. The van der Waals surface area contributed by atoms with Gasteiger partial charge in [0.15, 0.2) is 0 Å². The second-order valence-corrected chi connectivity index (χ2v) is 8.08. The van der Waals surface area contributed by atoms with Gasteiger partial charge >= 0.3 is 5.97 Å². The van der Waals surface area contributed by atoms with Gasteiger partial charge in [-0.3, -0.25) is 14.5 Å². The van der Waals surface area contributed by atoms with Crippen LogP contribution in [0.1, 0.15) is 23.6 Å². The lowest BCUT2D eigenvalue weighted by Gasteiger charge is -2.40. The van der Waals surface area contributed by atoms with E-state index in [-0.39, 0.29) is 36.6 Å². The summed E-state index contributed by atoms with van der Waals surface area (Å²) in [6.07, 6.45) is 0.469. The van der Waals surface area contributed by atoms with Crippen molar-refractivity contribution in [1.29, 1.82) is 0 Å². The molecule has 0 saturated carbocycles. The zero-order valence-corrected chi connectivity index (χ0v) is 18.0. The van der Waals surface area contributed by atoms with Crippen LogP contribution in [0.3, 0.4) is 0 Å². The lowest BCUT2D eigenvalue weighted by atomic mass is 10.0. The number of hydrogen-bond acceptors (Lipinski definition) is 4. The number of hydrogen-bond donors (Lipinski definition) is 0. The SMILES string of the molecule is COC(=O)Cc1ccc(Cl)cc1CN1CCN(C(=O)Cc2ccc(F)cc2)[C@@H](C)C1. The van der Waals surface area contributed by atoms with Crippen molar-refractivity contribution >= 4 is 23.5 Å². The molecule has 1 saturated heterocycles. The first kappa shape index (κ1) is 22.2. The second kappa shape index (κ2) is 10.0. The Bertz CT molecular complexity index is 904. The molecule has 1 fully saturated rings. The molecule has 1 aliphatic heterocycles. The number of nitrogens with zero attached hydrogens (tertiary/aromatic N) is 2. The van der Waals surface area contributed by atoms with Crippen LogP contribution in [0.2, 0.25) is 5.02 Å². The van der Waals surface area contributed by atoms with Gasteiger partial charge < -0.3 is 9.64 Å². The number of halogens is 2. The molecule has 3 rings (SSSR count). The molecule has 7 heteroatoms. The normalized spacial score (nSPS) is 17.1. The first-order valence-corrected chi connectivity index (χ1v) is 10.3. The standard InChI is InChI=1S/C23H26ClFN2O3/c1-16-14-26(15-19-12-20(24)6-5-18(19)13-23(29)30-2)9-10-27(16)22(28)11-17-3-7-21(25)8-4-17/h3-8,12,16H,9-11,13-15H2,1-2H3/t16-/m0/s1. The van der Waals surface area contributed by atoms with E-state index in [4.69, 9.17) is 16.3 Å². The Kier molecular flexibility index (Phi) is 7.45. The fourth-order valence-corrected chi connectivity index (χ4v) is 4.00. The highest BCUT2D eigenvalue weighted by Crippen LogP contribution is 2.21. The molecular formula is C23H26ClFN2O3. The smallest absolute Gasteiger partial charge is 0.309 e. The molecule has 30 heavy (non-hydrogen) atoms. The predicted molar refractivity (Wildman–Crippen MR) is 114 cm³/mol. The fraction of sp³-hybridized carbons (Fsp3) is 0.391. The molecule has 0 aliphatic carbocycles. The Labute approximate surface area is 181 Å². The number of ether oxygens (including phenoxy) is 1. The summed E-state index contributed by atoms with van der Waals surface area (Å²) in [4.78, 5) is 28.6. The summed E-state index contributed by atoms with van der Waals surface area (Å²) in [7, 11) is 1.38. The van der Waals surface area contributed by atoms with Crippen molar-refractivity contribution in [3.8, 4) is 0 Å². The van der Waals surface area contributed by atoms with Crippen molar-refractivity contribution in [2.75, 3.05) is 26.7 Å². The topological polar surface area (TPSA) is 49.9 Å². The van der Waals surface area contributed by atoms with Gasteiger partial charge in [-0.2, -0.15) is 0 Å². The van der Waals surface area contributed by atoms with Crippen LogP contribution in [0.4, 0.5) is 4.39 Å². The first-order valence-electron chi connectivity index (χ1n) is 9.96. The zero-order valence-electron chi connectivity index (χ0n) is 17.2. The maximum atomic E-state index is 13.1. The number of methoxy groups -OCH3 is 1. The molecule has 0 aromatic heterocycles. The van der Waals surface area contributed by atoms with Crippen molar-refractivity contribution < 1.29 is 18.7 Å². The first-order chi connectivity index (χ1) is 14.4. The number of carbonyl (C=O) groups is 2. The molecular weight excluding hydrogens is 407 g/mol. The summed E-state index contributed by atoms with van der Waals surface area (Å²) in [5.41, 5.74) is 2.70. The summed E-state index contributed by atoms with van der Waals surface area (Å²) in [6.45, 7) is 4.75. The number of piperazine rings is 1. The van der Waals surface area contributed by atoms with Crippen LogP contribution in [0.15, 0.2) is 42.5 Å². The highest BCUT2D eigenvalue weighted by Gasteiger charge is 2.27. The van der Waals surface area contributed by atoms with E-state index in [1.165, 1.54) is 19.2 Å². The van der Waals surface area contributed by atoms with Crippen molar-refractivity contribution in [2.45, 2.75) is 32.4 Å². The van der Waals surface area contributed by atoms with Crippen LogP contribution < -0.4 is 0 Å². The van der Waals surface area contributed by atoms with Gasteiger partial charge in [-0.25, -0.2) is 4.39 Å². The largest absolute Gasteiger partial charge is 0.469 e. The van der Waals surface area contributed by atoms with Gasteiger partial charge in [0.05, 0.1) is 20.0 Å². The Morgan fingerprint density at radius 2 is 1.83 bits per heavy atom. The minimum absolute atomic E-state index is 0.0443. The molecule has 0 unspecified atom stereocenters. The average Bonchev–Trinajstić information content (AvgIpc) is 2.71. The third-order valence-electron chi connectivity index (χ3n) is 5.43. The van der Waals surface area contributed by atoms with Gasteiger partial charge in [0.1, 0.15) is 5.82 Å². The summed E-state index contributed by atoms with van der Waals surface area (Å²) < 4.78 is 17.9. The zero-order chi connectivity index (χ0) is 21.7. The van der Waals surface area contributed by atoms with Crippen LogP contribution in [-0.2, 0) is 33.7 Å². The molecule has 0 radical (unpaired) electrons. The maximum absolute atomic E-state index is 13.1. The van der Waals surface area contributed by atoms with Gasteiger partial charge in [-0.05, 0) is 47.9 Å². The van der Waals surface area contributed by atoms with Crippen LogP contribution >= 0.6 is 11.6 Å². The Balaban J connectivity index is 1.61. The Morgan fingerprint density at radius 3 is 2.50 bits per heavy atom. The molecule has 1 aliphatic rings. The molecule has 2 aromatic carbocycles. The third kappa shape index (κ3) is 5.80. The van der Waals surface area contributed by atoms with Gasteiger partial charge in [0.2, 0.25) is 5.91 Å². The van der Waals surface area contributed by atoms with E-state index in [1.807, 2.05) is 24.0 Å². The van der Waals surface area contributed by atoms with Crippen molar-refractivity contribution in [2.24, 2.45) is 0 Å². The van der Waals surface area contributed by atoms with Gasteiger partial charge in [0.25, 0.3) is 0 Å². The minimum Gasteiger partial charge on any atom is -0.469 e. The van der Waals surface area contributed by atoms with E-state index in [9.17, 15) is 14.0 Å². The molecule has 0 N–H and O–H groups in total. The van der Waals surface area contributed by atoms with Crippen LogP contribution in [-0.4, -0.2) is 54.5 Å². The summed E-state index contributed by atoms with van der Waals surface area (Å²) in [6, 6.07) is 11.6. The quantitative estimate of drug-likeness (QED) is 0.656. The van der Waals surface area contributed by atoms with Crippen molar-refractivity contribution in [1.82, 2.24) is 9.80 Å². The number of carbonyl (C=O) groups excluding carboxylic acids is 2. The maximum Gasteiger partial charge on any atom is 0.309 e. The molecule has 0 spiro atoms. The van der Waals surface area contributed by atoms with E-state index in [0.29, 0.717) is 18.1 Å². The average molecular weight is 433 g/mol. The molecule has 1 atom stereocenters. The van der Waals surface area contributed by atoms with Crippen LogP contribution in [0.25, 0.3) is 0 Å². The lowest BCUT2D eigenvalue weighted by Crippen LogP contribution is -2.54. The molecule has 0 bridgehead atoms. The van der Waals surface area contributed by atoms with E-state index in [1.54, 1.807) is 18.2 Å². The van der Waals surface area contributed by atoms with Crippen LogP contribution in [0, 0.1) is 5.82 Å². The molecule has 160 valence electrons. The van der Waals surface area contributed by atoms with Crippen molar-refractivity contribution in [3.63, 3.8) is 0 Å². The third-order valence-corrected chi connectivity index (χ3v) is 5.66. The second-order valence-electron chi connectivity index (χ2n) is 7.64. The van der Waals surface area contributed by atoms with Gasteiger partial charge in [-0.15, -0.1) is 0 Å². The number of amides is 1. The summed E-state index contributed by atoms with van der Waals surface area (Å²) >= 11 is 6.17.